The maximum absolute atomic E-state index is 5.94. The maximum atomic E-state index is 5.94. The number of aryl methyl sites for hydroxylation is 1. The number of hydrogen-bond acceptors (Lipinski definition) is 3. The minimum Gasteiger partial charge on any atom is -0.497 e. The zero-order valence-electron chi connectivity index (χ0n) is 11.6. The SMILES string of the molecule is CCc1cc(-c2ccc(OC)cc2OC)ccc1N. The first kappa shape index (κ1) is 13.3. The van der Waals surface area contributed by atoms with Crippen LogP contribution in [0.5, 0.6) is 11.5 Å². The average Bonchev–Trinajstić information content (AvgIpc) is 2.47. The third-order valence-electron chi connectivity index (χ3n) is 3.24. The van der Waals surface area contributed by atoms with Gasteiger partial charge in [-0.1, -0.05) is 13.0 Å². The number of hydrogen-bond donors (Lipinski definition) is 1. The van der Waals surface area contributed by atoms with Crippen molar-refractivity contribution < 1.29 is 9.47 Å². The average molecular weight is 257 g/mol. The normalized spacial score (nSPS) is 10.3. The fourth-order valence-corrected chi connectivity index (χ4v) is 2.12. The van der Waals surface area contributed by atoms with Gasteiger partial charge in [0.25, 0.3) is 0 Å². The molecule has 3 nitrogen and oxygen atoms in total. The molecular formula is C16H19NO2. The summed E-state index contributed by atoms with van der Waals surface area (Å²) in [7, 11) is 3.31. The van der Waals surface area contributed by atoms with Gasteiger partial charge in [0.1, 0.15) is 11.5 Å². The molecule has 0 radical (unpaired) electrons. The molecule has 0 unspecified atom stereocenters. The van der Waals surface area contributed by atoms with E-state index >= 15 is 0 Å². The Kier molecular flexibility index (Phi) is 3.95. The van der Waals surface area contributed by atoms with Crippen LogP contribution in [0.4, 0.5) is 5.69 Å². The van der Waals surface area contributed by atoms with E-state index in [1.54, 1.807) is 14.2 Å². The van der Waals surface area contributed by atoms with Crippen molar-refractivity contribution in [2.24, 2.45) is 0 Å². The molecule has 2 aromatic carbocycles. The Hall–Kier alpha value is -2.16. The topological polar surface area (TPSA) is 44.5 Å². The number of benzene rings is 2. The van der Waals surface area contributed by atoms with Crippen LogP contribution in [0.25, 0.3) is 11.1 Å². The zero-order valence-corrected chi connectivity index (χ0v) is 11.6. The molecule has 0 aliphatic heterocycles. The molecule has 0 aliphatic rings. The number of rotatable bonds is 4. The second kappa shape index (κ2) is 5.65. The van der Waals surface area contributed by atoms with Crippen LogP contribution in [0.15, 0.2) is 36.4 Å². The minimum absolute atomic E-state index is 0.784. The van der Waals surface area contributed by atoms with Gasteiger partial charge < -0.3 is 15.2 Å². The first-order valence-electron chi connectivity index (χ1n) is 6.30. The van der Waals surface area contributed by atoms with Crippen molar-refractivity contribution >= 4 is 5.69 Å². The number of anilines is 1. The van der Waals surface area contributed by atoms with Gasteiger partial charge in [0.15, 0.2) is 0 Å². The molecular weight excluding hydrogens is 238 g/mol. The van der Waals surface area contributed by atoms with Gasteiger partial charge >= 0.3 is 0 Å². The Labute approximate surface area is 114 Å². The molecule has 2 rings (SSSR count). The Morgan fingerprint density at radius 1 is 1.00 bits per heavy atom. The lowest BCUT2D eigenvalue weighted by Crippen LogP contribution is -1.95. The first-order chi connectivity index (χ1) is 9.19. The maximum Gasteiger partial charge on any atom is 0.130 e. The van der Waals surface area contributed by atoms with Gasteiger partial charge in [-0.3, -0.25) is 0 Å². The summed E-state index contributed by atoms with van der Waals surface area (Å²) in [6, 6.07) is 11.9. The smallest absolute Gasteiger partial charge is 0.130 e. The summed E-state index contributed by atoms with van der Waals surface area (Å²) < 4.78 is 10.6. The van der Waals surface area contributed by atoms with Gasteiger partial charge in [0.2, 0.25) is 0 Å². The number of nitrogen functional groups attached to an aromatic ring is 1. The molecule has 2 N–H and O–H groups in total. The van der Waals surface area contributed by atoms with Crippen molar-refractivity contribution in [1.29, 1.82) is 0 Å². The molecule has 0 atom stereocenters. The molecule has 100 valence electrons. The lowest BCUT2D eigenvalue weighted by molar-refractivity contribution is 0.395. The fourth-order valence-electron chi connectivity index (χ4n) is 2.12. The van der Waals surface area contributed by atoms with Crippen LogP contribution in [0.1, 0.15) is 12.5 Å². The van der Waals surface area contributed by atoms with Crippen LogP contribution in [0.3, 0.4) is 0 Å². The van der Waals surface area contributed by atoms with Crippen molar-refractivity contribution in [3.05, 3.63) is 42.0 Å². The predicted octanol–water partition coefficient (Wildman–Crippen LogP) is 3.52. The molecule has 0 aliphatic carbocycles. The van der Waals surface area contributed by atoms with E-state index in [0.29, 0.717) is 0 Å². The summed E-state index contributed by atoms with van der Waals surface area (Å²) in [5, 5.41) is 0. The standard InChI is InChI=1S/C16H19NO2/c1-4-11-9-12(5-8-15(11)17)14-7-6-13(18-2)10-16(14)19-3/h5-10H,4,17H2,1-3H3. The summed E-state index contributed by atoms with van der Waals surface area (Å²) in [6.07, 6.45) is 0.915. The molecule has 0 heterocycles. The van der Waals surface area contributed by atoms with Gasteiger partial charge in [0.05, 0.1) is 14.2 Å². The quantitative estimate of drug-likeness (QED) is 0.852. The highest BCUT2D eigenvalue weighted by atomic mass is 16.5. The molecule has 0 saturated carbocycles. The van der Waals surface area contributed by atoms with E-state index in [1.807, 2.05) is 30.3 Å². The summed E-state index contributed by atoms with van der Waals surface area (Å²) in [4.78, 5) is 0. The van der Waals surface area contributed by atoms with E-state index in [2.05, 4.69) is 13.0 Å². The predicted molar refractivity (Wildman–Crippen MR) is 78.8 cm³/mol. The zero-order chi connectivity index (χ0) is 13.8. The molecule has 0 aromatic heterocycles. The second-order valence-electron chi connectivity index (χ2n) is 4.33. The van der Waals surface area contributed by atoms with Gasteiger partial charge in [-0.2, -0.15) is 0 Å². The van der Waals surface area contributed by atoms with Crippen LogP contribution >= 0.6 is 0 Å². The monoisotopic (exact) mass is 257 g/mol. The molecule has 0 saturated heterocycles. The third-order valence-corrected chi connectivity index (χ3v) is 3.24. The largest absolute Gasteiger partial charge is 0.497 e. The molecule has 19 heavy (non-hydrogen) atoms. The highest BCUT2D eigenvalue weighted by molar-refractivity contribution is 5.74. The van der Waals surface area contributed by atoms with E-state index < -0.39 is 0 Å². The van der Waals surface area contributed by atoms with Crippen LogP contribution in [-0.4, -0.2) is 14.2 Å². The minimum atomic E-state index is 0.784. The Morgan fingerprint density at radius 2 is 1.79 bits per heavy atom. The van der Waals surface area contributed by atoms with E-state index in [9.17, 15) is 0 Å². The summed E-state index contributed by atoms with van der Waals surface area (Å²) in [6.45, 7) is 2.10. The summed E-state index contributed by atoms with van der Waals surface area (Å²) in [5.41, 5.74) is 10.1. The van der Waals surface area contributed by atoms with Gasteiger partial charge in [-0.15, -0.1) is 0 Å². The van der Waals surface area contributed by atoms with Gasteiger partial charge in [-0.05, 0) is 41.8 Å². The summed E-state index contributed by atoms with van der Waals surface area (Å²) >= 11 is 0. The number of methoxy groups -OCH3 is 2. The molecule has 2 aromatic rings. The van der Waals surface area contributed by atoms with Crippen LogP contribution in [0, 0.1) is 0 Å². The highest BCUT2D eigenvalue weighted by Gasteiger charge is 2.09. The first-order valence-corrected chi connectivity index (χ1v) is 6.30. The second-order valence-corrected chi connectivity index (χ2v) is 4.33. The van der Waals surface area contributed by atoms with Gasteiger partial charge in [0, 0.05) is 17.3 Å². The van der Waals surface area contributed by atoms with Crippen molar-refractivity contribution in [2.45, 2.75) is 13.3 Å². The van der Waals surface area contributed by atoms with E-state index in [1.165, 1.54) is 0 Å². The Bertz CT molecular complexity index is 579. The van der Waals surface area contributed by atoms with Crippen molar-refractivity contribution in [3.63, 3.8) is 0 Å². The fraction of sp³-hybridized carbons (Fsp3) is 0.250. The van der Waals surface area contributed by atoms with E-state index in [0.717, 1.165) is 40.3 Å². The molecule has 3 heteroatoms. The highest BCUT2D eigenvalue weighted by Crippen LogP contribution is 2.34. The van der Waals surface area contributed by atoms with Crippen molar-refractivity contribution in [3.8, 4) is 22.6 Å². The lowest BCUT2D eigenvalue weighted by atomic mass is 10.00. The van der Waals surface area contributed by atoms with Crippen molar-refractivity contribution in [1.82, 2.24) is 0 Å². The summed E-state index contributed by atoms with van der Waals surface area (Å²) in [5.74, 6) is 1.58. The molecule has 0 spiro atoms. The van der Waals surface area contributed by atoms with Crippen LogP contribution < -0.4 is 15.2 Å². The van der Waals surface area contributed by atoms with E-state index in [4.69, 9.17) is 15.2 Å². The Morgan fingerprint density at radius 3 is 2.42 bits per heavy atom. The van der Waals surface area contributed by atoms with Crippen molar-refractivity contribution in [2.75, 3.05) is 20.0 Å². The molecule has 0 amide bonds. The third kappa shape index (κ3) is 2.65. The molecule has 0 fully saturated rings. The van der Waals surface area contributed by atoms with Gasteiger partial charge in [-0.25, -0.2) is 0 Å². The lowest BCUT2D eigenvalue weighted by Gasteiger charge is -2.12. The van der Waals surface area contributed by atoms with Crippen LogP contribution in [0.2, 0.25) is 0 Å². The Balaban J connectivity index is 2.52. The number of nitrogens with two attached hydrogens (primary N) is 1. The van der Waals surface area contributed by atoms with Crippen LogP contribution in [-0.2, 0) is 6.42 Å². The molecule has 0 bridgehead atoms. The van der Waals surface area contributed by atoms with E-state index in [-0.39, 0.29) is 0 Å². The number of ether oxygens (including phenoxy) is 2.